The van der Waals surface area contributed by atoms with E-state index in [1.807, 2.05) is 12.1 Å². The standard InChI is InChI=1S/C14H21N3O2/c1-10(2)8-16-14(19)9-15-12-4-6-13(7-5-12)17-11(3)18/h4-7,10,15H,8-9H2,1-3H3,(H,16,19)(H,17,18). The number of carbonyl (C=O) groups is 2. The van der Waals surface area contributed by atoms with Crippen LogP contribution in [0, 0.1) is 5.92 Å². The third-order valence-electron chi connectivity index (χ3n) is 2.37. The average molecular weight is 263 g/mol. The SMILES string of the molecule is CC(=O)Nc1ccc(NCC(=O)NCC(C)C)cc1. The Kier molecular flexibility index (Phi) is 5.85. The van der Waals surface area contributed by atoms with Crippen molar-refractivity contribution in [1.29, 1.82) is 0 Å². The third-order valence-corrected chi connectivity index (χ3v) is 2.37. The van der Waals surface area contributed by atoms with Crippen LogP contribution in [0.4, 0.5) is 11.4 Å². The highest BCUT2D eigenvalue weighted by Gasteiger charge is 2.02. The van der Waals surface area contributed by atoms with Gasteiger partial charge in [0.2, 0.25) is 11.8 Å². The summed E-state index contributed by atoms with van der Waals surface area (Å²) in [6.45, 7) is 6.49. The summed E-state index contributed by atoms with van der Waals surface area (Å²) in [5, 5.41) is 8.54. The van der Waals surface area contributed by atoms with Gasteiger partial charge in [0, 0.05) is 24.8 Å². The molecule has 0 spiro atoms. The summed E-state index contributed by atoms with van der Waals surface area (Å²) < 4.78 is 0. The third kappa shape index (κ3) is 6.45. The van der Waals surface area contributed by atoms with Gasteiger partial charge >= 0.3 is 0 Å². The molecule has 1 rings (SSSR count). The number of amides is 2. The first kappa shape index (κ1) is 15.0. The summed E-state index contributed by atoms with van der Waals surface area (Å²) in [5.74, 6) is 0.314. The lowest BCUT2D eigenvalue weighted by atomic mass is 10.2. The molecule has 5 heteroatoms. The number of hydrogen-bond donors (Lipinski definition) is 3. The fraction of sp³-hybridized carbons (Fsp3) is 0.429. The number of anilines is 2. The number of hydrogen-bond acceptors (Lipinski definition) is 3. The zero-order valence-corrected chi connectivity index (χ0v) is 11.6. The van der Waals surface area contributed by atoms with Crippen molar-refractivity contribution in [2.24, 2.45) is 5.92 Å². The second kappa shape index (κ2) is 7.41. The predicted molar refractivity (Wildman–Crippen MR) is 77.1 cm³/mol. The molecule has 0 aliphatic carbocycles. The summed E-state index contributed by atoms with van der Waals surface area (Å²) in [4.78, 5) is 22.4. The fourth-order valence-corrected chi connectivity index (χ4v) is 1.44. The van der Waals surface area contributed by atoms with Crippen molar-refractivity contribution in [3.05, 3.63) is 24.3 Å². The van der Waals surface area contributed by atoms with Gasteiger partial charge in [-0.3, -0.25) is 9.59 Å². The molecule has 0 heterocycles. The smallest absolute Gasteiger partial charge is 0.239 e. The van der Waals surface area contributed by atoms with Gasteiger partial charge < -0.3 is 16.0 Å². The lowest BCUT2D eigenvalue weighted by Crippen LogP contribution is -2.32. The molecule has 1 aromatic carbocycles. The quantitative estimate of drug-likeness (QED) is 0.733. The maximum atomic E-state index is 11.5. The maximum absolute atomic E-state index is 11.5. The molecule has 0 radical (unpaired) electrons. The van der Waals surface area contributed by atoms with Crippen LogP contribution in [-0.4, -0.2) is 24.9 Å². The van der Waals surface area contributed by atoms with Crippen molar-refractivity contribution in [2.75, 3.05) is 23.7 Å². The van der Waals surface area contributed by atoms with Crippen molar-refractivity contribution in [3.8, 4) is 0 Å². The average Bonchev–Trinajstić information content (AvgIpc) is 2.35. The van der Waals surface area contributed by atoms with Crippen LogP contribution in [-0.2, 0) is 9.59 Å². The molecule has 0 fully saturated rings. The van der Waals surface area contributed by atoms with Gasteiger partial charge in [0.15, 0.2) is 0 Å². The second-order valence-electron chi connectivity index (χ2n) is 4.81. The molecule has 0 unspecified atom stereocenters. The zero-order valence-electron chi connectivity index (χ0n) is 11.6. The van der Waals surface area contributed by atoms with E-state index in [4.69, 9.17) is 0 Å². The second-order valence-corrected chi connectivity index (χ2v) is 4.81. The van der Waals surface area contributed by atoms with Crippen molar-refractivity contribution in [1.82, 2.24) is 5.32 Å². The highest BCUT2D eigenvalue weighted by molar-refractivity contribution is 5.88. The van der Waals surface area contributed by atoms with Crippen LogP contribution in [0.2, 0.25) is 0 Å². The van der Waals surface area contributed by atoms with Crippen molar-refractivity contribution < 1.29 is 9.59 Å². The summed E-state index contributed by atoms with van der Waals surface area (Å²) in [7, 11) is 0. The fourth-order valence-electron chi connectivity index (χ4n) is 1.44. The minimum Gasteiger partial charge on any atom is -0.376 e. The van der Waals surface area contributed by atoms with Crippen LogP contribution in [0.15, 0.2) is 24.3 Å². The topological polar surface area (TPSA) is 70.2 Å². The molecule has 2 amide bonds. The molecule has 0 bridgehead atoms. The van der Waals surface area contributed by atoms with Gasteiger partial charge in [-0.2, -0.15) is 0 Å². The minimum atomic E-state index is -0.103. The molecule has 0 saturated carbocycles. The molecule has 0 aliphatic heterocycles. The monoisotopic (exact) mass is 263 g/mol. The lowest BCUT2D eigenvalue weighted by molar-refractivity contribution is -0.119. The van der Waals surface area contributed by atoms with E-state index in [0.717, 1.165) is 11.4 Å². The van der Waals surface area contributed by atoms with Crippen LogP contribution in [0.3, 0.4) is 0 Å². The molecule has 19 heavy (non-hydrogen) atoms. The Labute approximate surface area is 113 Å². The Morgan fingerprint density at radius 3 is 2.21 bits per heavy atom. The molecule has 0 atom stereocenters. The van der Waals surface area contributed by atoms with E-state index in [-0.39, 0.29) is 18.4 Å². The van der Waals surface area contributed by atoms with Crippen LogP contribution in [0.25, 0.3) is 0 Å². The lowest BCUT2D eigenvalue weighted by Gasteiger charge is -2.10. The first-order chi connectivity index (χ1) is 8.97. The van der Waals surface area contributed by atoms with E-state index < -0.39 is 0 Å². The van der Waals surface area contributed by atoms with Gasteiger partial charge in [0.25, 0.3) is 0 Å². The Hall–Kier alpha value is -2.04. The molecule has 5 nitrogen and oxygen atoms in total. The van der Waals surface area contributed by atoms with Gasteiger partial charge in [-0.05, 0) is 30.2 Å². The molecular weight excluding hydrogens is 242 g/mol. The molecular formula is C14H21N3O2. The predicted octanol–water partition coefficient (Wildman–Crippen LogP) is 1.83. The summed E-state index contributed by atoms with van der Waals surface area (Å²) in [5.41, 5.74) is 1.58. The highest BCUT2D eigenvalue weighted by Crippen LogP contribution is 2.12. The summed E-state index contributed by atoms with van der Waals surface area (Å²) in [6, 6.07) is 7.22. The Bertz CT molecular complexity index is 427. The summed E-state index contributed by atoms with van der Waals surface area (Å²) in [6.07, 6.45) is 0. The van der Waals surface area contributed by atoms with Crippen molar-refractivity contribution >= 4 is 23.2 Å². The Balaban J connectivity index is 2.37. The highest BCUT2D eigenvalue weighted by atomic mass is 16.2. The number of rotatable bonds is 6. The molecule has 1 aromatic rings. The van der Waals surface area contributed by atoms with Gasteiger partial charge in [0.1, 0.15) is 0 Å². The first-order valence-corrected chi connectivity index (χ1v) is 6.35. The van der Waals surface area contributed by atoms with Crippen LogP contribution in [0.5, 0.6) is 0 Å². The molecule has 104 valence electrons. The van der Waals surface area contributed by atoms with E-state index in [2.05, 4.69) is 29.8 Å². The zero-order chi connectivity index (χ0) is 14.3. The normalized spacial score (nSPS) is 10.1. The van der Waals surface area contributed by atoms with Gasteiger partial charge in [-0.1, -0.05) is 13.8 Å². The van der Waals surface area contributed by atoms with Crippen LogP contribution < -0.4 is 16.0 Å². The molecule has 0 saturated heterocycles. The minimum absolute atomic E-state index is 0.0281. The first-order valence-electron chi connectivity index (χ1n) is 6.35. The Morgan fingerprint density at radius 1 is 1.11 bits per heavy atom. The van der Waals surface area contributed by atoms with E-state index in [9.17, 15) is 9.59 Å². The van der Waals surface area contributed by atoms with Gasteiger partial charge in [0.05, 0.1) is 6.54 Å². The van der Waals surface area contributed by atoms with Gasteiger partial charge in [-0.25, -0.2) is 0 Å². The Morgan fingerprint density at radius 2 is 1.68 bits per heavy atom. The van der Waals surface area contributed by atoms with E-state index in [0.29, 0.717) is 12.5 Å². The number of benzene rings is 1. The van der Waals surface area contributed by atoms with E-state index in [1.54, 1.807) is 12.1 Å². The van der Waals surface area contributed by atoms with E-state index >= 15 is 0 Å². The molecule has 0 aromatic heterocycles. The van der Waals surface area contributed by atoms with Crippen molar-refractivity contribution in [2.45, 2.75) is 20.8 Å². The van der Waals surface area contributed by atoms with Crippen LogP contribution >= 0.6 is 0 Å². The van der Waals surface area contributed by atoms with E-state index in [1.165, 1.54) is 6.92 Å². The molecule has 3 N–H and O–H groups in total. The van der Waals surface area contributed by atoms with Gasteiger partial charge in [-0.15, -0.1) is 0 Å². The van der Waals surface area contributed by atoms with Crippen molar-refractivity contribution in [3.63, 3.8) is 0 Å². The molecule has 0 aliphatic rings. The largest absolute Gasteiger partial charge is 0.376 e. The summed E-state index contributed by atoms with van der Waals surface area (Å²) >= 11 is 0. The van der Waals surface area contributed by atoms with Crippen LogP contribution in [0.1, 0.15) is 20.8 Å². The number of carbonyl (C=O) groups excluding carboxylic acids is 2. The number of nitrogens with one attached hydrogen (secondary N) is 3. The maximum Gasteiger partial charge on any atom is 0.239 e.